The van der Waals surface area contributed by atoms with Crippen LogP contribution in [0.1, 0.15) is 30.5 Å². The summed E-state index contributed by atoms with van der Waals surface area (Å²) < 4.78 is 15.6. The number of aliphatic hydroxyl groups is 1. The van der Waals surface area contributed by atoms with Crippen LogP contribution < -0.4 is 4.72 Å². The number of rotatable bonds is 6. The van der Waals surface area contributed by atoms with E-state index in [1.807, 2.05) is 61.5 Å². The number of aliphatic hydroxyl groups excluding tert-OH is 1. The largest absolute Gasteiger partial charge is 0.393 e. The highest BCUT2D eigenvalue weighted by Crippen LogP contribution is 2.20. The molecule has 0 aliphatic carbocycles. The first-order valence-corrected chi connectivity index (χ1v) is 8.19. The molecule has 0 spiro atoms. The van der Waals surface area contributed by atoms with E-state index in [2.05, 4.69) is 4.72 Å². The van der Waals surface area contributed by atoms with Gasteiger partial charge in [-0.25, -0.2) is 8.93 Å². The summed E-state index contributed by atoms with van der Waals surface area (Å²) >= 11 is 0. The molecule has 2 N–H and O–H groups in total. The van der Waals surface area contributed by atoms with Gasteiger partial charge >= 0.3 is 0 Å². The van der Waals surface area contributed by atoms with E-state index in [1.54, 1.807) is 6.92 Å². The van der Waals surface area contributed by atoms with Crippen LogP contribution in [0.25, 0.3) is 0 Å². The van der Waals surface area contributed by atoms with Gasteiger partial charge in [-0.05, 0) is 38.0 Å². The van der Waals surface area contributed by atoms with E-state index in [0.717, 1.165) is 16.0 Å². The van der Waals surface area contributed by atoms with E-state index in [4.69, 9.17) is 0 Å². The first-order chi connectivity index (χ1) is 10.1. The average Bonchev–Trinajstić information content (AvgIpc) is 2.47. The molecule has 0 aliphatic rings. The van der Waals surface area contributed by atoms with Crippen LogP contribution in [0.15, 0.2) is 59.5 Å². The lowest BCUT2D eigenvalue weighted by Gasteiger charge is -2.20. The molecule has 2 rings (SSSR count). The Balaban J connectivity index is 2.15. The van der Waals surface area contributed by atoms with Gasteiger partial charge in [0.25, 0.3) is 0 Å². The first-order valence-electron chi connectivity index (χ1n) is 7.04. The summed E-state index contributed by atoms with van der Waals surface area (Å²) in [4.78, 5) is 0.743. The molecule has 0 fully saturated rings. The van der Waals surface area contributed by atoms with Crippen molar-refractivity contribution < 1.29 is 9.32 Å². The van der Waals surface area contributed by atoms with Gasteiger partial charge < -0.3 is 5.11 Å². The first kappa shape index (κ1) is 15.9. The topological polar surface area (TPSA) is 49.3 Å². The molecule has 0 saturated carbocycles. The Morgan fingerprint density at radius 1 is 1.10 bits per heavy atom. The lowest BCUT2D eigenvalue weighted by Crippen LogP contribution is -2.26. The summed E-state index contributed by atoms with van der Waals surface area (Å²) in [6.45, 7) is 3.74. The van der Waals surface area contributed by atoms with E-state index in [1.165, 1.54) is 0 Å². The van der Waals surface area contributed by atoms with Crippen molar-refractivity contribution in [2.75, 3.05) is 0 Å². The lowest BCUT2D eigenvalue weighted by molar-refractivity contribution is 0.172. The van der Waals surface area contributed by atoms with Crippen LogP contribution in [0.3, 0.4) is 0 Å². The van der Waals surface area contributed by atoms with Crippen molar-refractivity contribution in [2.45, 2.75) is 37.3 Å². The zero-order valence-electron chi connectivity index (χ0n) is 12.3. The molecule has 3 atom stereocenters. The maximum Gasteiger partial charge on any atom is 0.125 e. The predicted molar refractivity (Wildman–Crippen MR) is 86.2 cm³/mol. The van der Waals surface area contributed by atoms with Crippen molar-refractivity contribution in [3.05, 3.63) is 65.7 Å². The number of benzene rings is 2. The minimum atomic E-state index is -1.30. The molecule has 0 aliphatic heterocycles. The van der Waals surface area contributed by atoms with Crippen LogP contribution in [-0.4, -0.2) is 15.4 Å². The Hall–Kier alpha value is -1.49. The van der Waals surface area contributed by atoms with Crippen molar-refractivity contribution in [1.82, 2.24) is 4.72 Å². The second-order valence-electron chi connectivity index (χ2n) is 5.25. The molecule has 0 unspecified atom stereocenters. The maximum absolute atomic E-state index is 12.4. The van der Waals surface area contributed by atoms with E-state index in [0.29, 0.717) is 6.42 Å². The monoisotopic (exact) mass is 303 g/mol. The predicted octanol–water partition coefficient (Wildman–Crippen LogP) is 3.12. The molecule has 2 aromatic rings. The zero-order valence-corrected chi connectivity index (χ0v) is 13.1. The fourth-order valence-electron chi connectivity index (χ4n) is 2.14. The molecule has 0 aromatic heterocycles. The van der Waals surface area contributed by atoms with Crippen LogP contribution in [0.2, 0.25) is 0 Å². The molecule has 0 bridgehead atoms. The Labute approximate surface area is 128 Å². The van der Waals surface area contributed by atoms with Gasteiger partial charge in [-0.2, -0.15) is 0 Å². The Morgan fingerprint density at radius 3 is 2.29 bits per heavy atom. The number of hydrogen-bond donors (Lipinski definition) is 2. The third kappa shape index (κ3) is 4.77. The SMILES string of the molecule is Cc1ccc([S@](=O)N[C@H](C[C@H](C)O)c2ccccc2)cc1. The minimum absolute atomic E-state index is 0.145. The van der Waals surface area contributed by atoms with Crippen molar-refractivity contribution in [1.29, 1.82) is 0 Å². The van der Waals surface area contributed by atoms with Gasteiger partial charge in [0.05, 0.1) is 11.0 Å². The van der Waals surface area contributed by atoms with Gasteiger partial charge in [0, 0.05) is 6.04 Å². The van der Waals surface area contributed by atoms with Crippen LogP contribution >= 0.6 is 0 Å². The van der Waals surface area contributed by atoms with Gasteiger partial charge in [0.1, 0.15) is 11.0 Å². The molecule has 0 radical (unpaired) electrons. The van der Waals surface area contributed by atoms with E-state index >= 15 is 0 Å². The zero-order chi connectivity index (χ0) is 15.2. The second-order valence-corrected chi connectivity index (χ2v) is 6.49. The fraction of sp³-hybridized carbons (Fsp3) is 0.294. The van der Waals surface area contributed by atoms with Gasteiger partial charge in [-0.1, -0.05) is 48.0 Å². The summed E-state index contributed by atoms with van der Waals surface area (Å²) in [6, 6.07) is 17.3. The van der Waals surface area contributed by atoms with Gasteiger partial charge in [-0.3, -0.25) is 0 Å². The quantitative estimate of drug-likeness (QED) is 0.861. The molecule has 3 nitrogen and oxygen atoms in total. The standard InChI is InChI=1S/C17H21NO2S/c1-13-8-10-16(11-9-13)21(20)18-17(12-14(2)19)15-6-4-3-5-7-15/h3-11,14,17-19H,12H2,1-2H3/t14-,17+,21-/m0/s1. The highest BCUT2D eigenvalue weighted by atomic mass is 32.2. The van der Waals surface area contributed by atoms with Crippen molar-refractivity contribution in [2.24, 2.45) is 0 Å². The summed E-state index contributed by atoms with van der Waals surface area (Å²) in [5.41, 5.74) is 2.17. The van der Waals surface area contributed by atoms with Crippen molar-refractivity contribution in [3.8, 4) is 0 Å². The third-order valence-corrected chi connectivity index (χ3v) is 4.46. The van der Waals surface area contributed by atoms with E-state index < -0.39 is 17.1 Å². The minimum Gasteiger partial charge on any atom is -0.393 e. The molecular weight excluding hydrogens is 282 g/mol. The van der Waals surface area contributed by atoms with E-state index in [9.17, 15) is 9.32 Å². The summed E-state index contributed by atoms with van der Waals surface area (Å²) in [5, 5.41) is 9.66. The molecule has 0 amide bonds. The molecule has 4 heteroatoms. The summed E-state index contributed by atoms with van der Waals surface area (Å²) in [5.74, 6) is 0. The average molecular weight is 303 g/mol. The van der Waals surface area contributed by atoms with Crippen molar-refractivity contribution in [3.63, 3.8) is 0 Å². The van der Waals surface area contributed by atoms with Crippen molar-refractivity contribution >= 4 is 11.0 Å². The Morgan fingerprint density at radius 2 is 1.71 bits per heavy atom. The van der Waals surface area contributed by atoms with Gasteiger partial charge in [0.2, 0.25) is 0 Å². The molecule has 0 heterocycles. The van der Waals surface area contributed by atoms with Gasteiger partial charge in [-0.15, -0.1) is 0 Å². The second kappa shape index (κ2) is 7.50. The highest BCUT2D eigenvalue weighted by molar-refractivity contribution is 7.83. The molecule has 112 valence electrons. The van der Waals surface area contributed by atoms with Crippen LogP contribution in [0.4, 0.5) is 0 Å². The molecule has 0 saturated heterocycles. The Kier molecular flexibility index (Phi) is 5.67. The van der Waals surface area contributed by atoms with Gasteiger partial charge in [0.15, 0.2) is 0 Å². The number of nitrogens with one attached hydrogen (secondary N) is 1. The maximum atomic E-state index is 12.4. The molecule has 2 aromatic carbocycles. The number of aryl methyl sites for hydroxylation is 1. The lowest BCUT2D eigenvalue weighted by atomic mass is 10.0. The fourth-order valence-corrected chi connectivity index (χ4v) is 3.15. The molecular formula is C17H21NO2S. The van der Waals surface area contributed by atoms with E-state index in [-0.39, 0.29) is 6.04 Å². The normalized spacial score (nSPS) is 15.4. The van der Waals surface area contributed by atoms with Crippen LogP contribution in [-0.2, 0) is 11.0 Å². The third-order valence-electron chi connectivity index (χ3n) is 3.26. The highest BCUT2D eigenvalue weighted by Gasteiger charge is 2.17. The van der Waals surface area contributed by atoms with Crippen LogP contribution in [0.5, 0.6) is 0 Å². The van der Waals surface area contributed by atoms with Crippen LogP contribution in [0, 0.1) is 6.92 Å². The Bertz CT molecular complexity index is 581. The summed E-state index contributed by atoms with van der Waals surface area (Å²) in [7, 11) is -1.30. The number of hydrogen-bond acceptors (Lipinski definition) is 2. The summed E-state index contributed by atoms with van der Waals surface area (Å²) in [6.07, 6.45) is 0.0550. The molecule has 21 heavy (non-hydrogen) atoms. The smallest absolute Gasteiger partial charge is 0.125 e.